The molecule has 0 radical (unpaired) electrons. The molecule has 1 rings (SSSR count). The topological polar surface area (TPSA) is 71.3 Å². The molecule has 0 aromatic carbocycles. The Hall–Kier alpha value is -0.850. The van der Waals surface area contributed by atoms with Crippen molar-refractivity contribution in [3.63, 3.8) is 0 Å². The second-order valence-electron chi connectivity index (χ2n) is 3.00. The maximum absolute atomic E-state index is 11.5. The summed E-state index contributed by atoms with van der Waals surface area (Å²) < 4.78 is 30.5. The van der Waals surface area contributed by atoms with Crippen LogP contribution in [0.2, 0.25) is 0 Å². The molecule has 0 aliphatic heterocycles. The van der Waals surface area contributed by atoms with Gasteiger partial charge in [-0.2, -0.15) is 0 Å². The van der Waals surface area contributed by atoms with Gasteiger partial charge in [0.15, 0.2) is 0 Å². The maximum atomic E-state index is 11.5. The van der Waals surface area contributed by atoms with Gasteiger partial charge < -0.3 is 9.73 Å². The first-order valence-electron chi connectivity index (χ1n) is 4.89. The normalized spacial score (nSPS) is 11.9. The van der Waals surface area contributed by atoms with Crippen LogP contribution < -0.4 is 10.0 Å². The van der Waals surface area contributed by atoms with Crippen LogP contribution in [-0.4, -0.2) is 21.5 Å². The maximum Gasteiger partial charge on any atom is 0.273 e. The van der Waals surface area contributed by atoms with Gasteiger partial charge in [-0.25, -0.2) is 13.1 Å². The van der Waals surface area contributed by atoms with Crippen molar-refractivity contribution in [1.82, 2.24) is 10.0 Å². The Morgan fingerprint density at radius 2 is 2.00 bits per heavy atom. The monoisotopic (exact) mass is 232 g/mol. The lowest BCUT2D eigenvalue weighted by molar-refractivity contribution is 0.402. The number of hydrogen-bond acceptors (Lipinski definition) is 4. The van der Waals surface area contributed by atoms with Crippen LogP contribution in [-0.2, 0) is 16.6 Å². The molecule has 0 unspecified atom stereocenters. The van der Waals surface area contributed by atoms with Crippen molar-refractivity contribution in [3.8, 4) is 0 Å². The van der Waals surface area contributed by atoms with Gasteiger partial charge in [0.2, 0.25) is 5.09 Å². The van der Waals surface area contributed by atoms with E-state index in [-0.39, 0.29) is 5.09 Å². The smallest absolute Gasteiger partial charge is 0.273 e. The highest BCUT2D eigenvalue weighted by Crippen LogP contribution is 2.13. The van der Waals surface area contributed by atoms with Crippen molar-refractivity contribution in [2.24, 2.45) is 0 Å². The van der Waals surface area contributed by atoms with Crippen LogP contribution in [0.1, 0.15) is 19.6 Å². The van der Waals surface area contributed by atoms with Crippen molar-refractivity contribution in [2.75, 3.05) is 13.1 Å². The SMILES string of the molecule is CCNCc1ccc(S(=O)(=O)NCC)o1. The van der Waals surface area contributed by atoms with Gasteiger partial charge in [0.1, 0.15) is 5.76 Å². The number of nitrogens with one attached hydrogen (secondary N) is 2. The van der Waals surface area contributed by atoms with Crippen LogP contribution in [0, 0.1) is 0 Å². The standard InChI is InChI=1S/C9H16N2O3S/c1-3-10-7-8-5-6-9(14-8)15(12,13)11-4-2/h5-6,10-11H,3-4,7H2,1-2H3. The third-order valence-electron chi connectivity index (χ3n) is 1.79. The Morgan fingerprint density at radius 3 is 2.60 bits per heavy atom. The lowest BCUT2D eigenvalue weighted by Gasteiger charge is -2.00. The highest BCUT2D eigenvalue weighted by atomic mass is 32.2. The van der Waals surface area contributed by atoms with Gasteiger partial charge in [0.25, 0.3) is 10.0 Å². The van der Waals surface area contributed by atoms with Crippen LogP contribution in [0.4, 0.5) is 0 Å². The van der Waals surface area contributed by atoms with Crippen LogP contribution >= 0.6 is 0 Å². The summed E-state index contributed by atoms with van der Waals surface area (Å²) in [5.41, 5.74) is 0. The van der Waals surface area contributed by atoms with Crippen LogP contribution in [0.15, 0.2) is 21.6 Å². The zero-order valence-corrected chi connectivity index (χ0v) is 9.73. The summed E-state index contributed by atoms with van der Waals surface area (Å²) in [7, 11) is -3.46. The van der Waals surface area contributed by atoms with Crippen molar-refractivity contribution < 1.29 is 12.8 Å². The van der Waals surface area contributed by atoms with E-state index >= 15 is 0 Å². The summed E-state index contributed by atoms with van der Waals surface area (Å²) in [6.45, 7) is 5.40. The molecule has 15 heavy (non-hydrogen) atoms. The molecule has 0 bridgehead atoms. The van der Waals surface area contributed by atoms with Gasteiger partial charge in [0.05, 0.1) is 6.54 Å². The van der Waals surface area contributed by atoms with Crippen LogP contribution in [0.5, 0.6) is 0 Å². The summed E-state index contributed by atoms with van der Waals surface area (Å²) in [6, 6.07) is 3.12. The van der Waals surface area contributed by atoms with E-state index in [0.717, 1.165) is 6.54 Å². The third kappa shape index (κ3) is 3.33. The zero-order chi connectivity index (χ0) is 11.3. The van der Waals surface area contributed by atoms with E-state index in [2.05, 4.69) is 10.0 Å². The minimum atomic E-state index is -3.46. The van der Waals surface area contributed by atoms with Crippen molar-refractivity contribution in [2.45, 2.75) is 25.5 Å². The molecule has 0 amide bonds. The molecule has 0 saturated heterocycles. The first-order valence-corrected chi connectivity index (χ1v) is 6.37. The van der Waals surface area contributed by atoms with E-state index < -0.39 is 10.0 Å². The van der Waals surface area contributed by atoms with Crippen molar-refractivity contribution in [3.05, 3.63) is 17.9 Å². The molecular formula is C9H16N2O3S. The van der Waals surface area contributed by atoms with E-state index in [1.54, 1.807) is 13.0 Å². The Morgan fingerprint density at radius 1 is 1.27 bits per heavy atom. The van der Waals surface area contributed by atoms with E-state index in [1.807, 2.05) is 6.92 Å². The fourth-order valence-corrected chi connectivity index (χ4v) is 2.09. The number of rotatable bonds is 6. The zero-order valence-electron chi connectivity index (χ0n) is 8.91. The minimum Gasteiger partial charge on any atom is -0.447 e. The fourth-order valence-electron chi connectivity index (χ4n) is 1.11. The largest absolute Gasteiger partial charge is 0.447 e. The molecule has 1 heterocycles. The molecule has 1 aromatic rings. The van der Waals surface area contributed by atoms with Crippen LogP contribution in [0.3, 0.4) is 0 Å². The predicted octanol–water partition coefficient (Wildman–Crippen LogP) is 0.687. The summed E-state index contributed by atoms with van der Waals surface area (Å²) in [4.78, 5) is 0. The van der Waals surface area contributed by atoms with E-state index in [9.17, 15) is 8.42 Å². The molecule has 0 aliphatic carbocycles. The highest BCUT2D eigenvalue weighted by molar-refractivity contribution is 7.89. The third-order valence-corrected chi connectivity index (χ3v) is 3.20. The molecule has 2 N–H and O–H groups in total. The highest BCUT2D eigenvalue weighted by Gasteiger charge is 2.16. The quantitative estimate of drug-likeness (QED) is 0.757. The second kappa shape index (κ2) is 5.29. The lowest BCUT2D eigenvalue weighted by atomic mass is 10.4. The van der Waals surface area contributed by atoms with E-state index in [1.165, 1.54) is 6.07 Å². The Labute approximate surface area is 89.9 Å². The Kier molecular flexibility index (Phi) is 4.31. The number of furan rings is 1. The van der Waals surface area contributed by atoms with Gasteiger partial charge in [-0.1, -0.05) is 13.8 Å². The minimum absolute atomic E-state index is 0.0303. The van der Waals surface area contributed by atoms with Gasteiger partial charge in [-0.15, -0.1) is 0 Å². The Balaban J connectivity index is 2.75. The van der Waals surface area contributed by atoms with Crippen LogP contribution in [0.25, 0.3) is 0 Å². The fraction of sp³-hybridized carbons (Fsp3) is 0.556. The summed E-state index contributed by atoms with van der Waals surface area (Å²) in [5, 5.41) is 3.02. The first kappa shape index (κ1) is 12.2. The first-order chi connectivity index (χ1) is 7.10. The van der Waals surface area contributed by atoms with E-state index in [0.29, 0.717) is 18.8 Å². The van der Waals surface area contributed by atoms with Gasteiger partial charge >= 0.3 is 0 Å². The number of sulfonamides is 1. The van der Waals surface area contributed by atoms with Crippen molar-refractivity contribution >= 4 is 10.0 Å². The molecule has 0 aliphatic rings. The number of hydrogen-bond donors (Lipinski definition) is 2. The average molecular weight is 232 g/mol. The van der Waals surface area contributed by atoms with Gasteiger partial charge in [0, 0.05) is 6.54 Å². The lowest BCUT2D eigenvalue weighted by Crippen LogP contribution is -2.22. The molecular weight excluding hydrogens is 216 g/mol. The van der Waals surface area contributed by atoms with Gasteiger partial charge in [-0.05, 0) is 18.7 Å². The van der Waals surface area contributed by atoms with Crippen molar-refractivity contribution in [1.29, 1.82) is 0 Å². The predicted molar refractivity (Wildman–Crippen MR) is 57.0 cm³/mol. The molecule has 0 saturated carbocycles. The molecule has 1 aromatic heterocycles. The molecule has 6 heteroatoms. The van der Waals surface area contributed by atoms with Gasteiger partial charge in [-0.3, -0.25) is 0 Å². The Bertz CT molecular complexity index is 397. The second-order valence-corrected chi connectivity index (χ2v) is 4.70. The molecule has 86 valence electrons. The summed E-state index contributed by atoms with van der Waals surface area (Å²) in [5.74, 6) is 0.619. The van der Waals surface area contributed by atoms with E-state index in [4.69, 9.17) is 4.42 Å². The molecule has 0 atom stereocenters. The molecule has 0 fully saturated rings. The average Bonchev–Trinajstić information content (AvgIpc) is 2.63. The summed E-state index contributed by atoms with van der Waals surface area (Å²) in [6.07, 6.45) is 0. The molecule has 5 nitrogen and oxygen atoms in total. The summed E-state index contributed by atoms with van der Waals surface area (Å²) >= 11 is 0. The molecule has 0 spiro atoms.